The van der Waals surface area contributed by atoms with Crippen molar-refractivity contribution in [2.75, 3.05) is 12.4 Å². The Balaban J connectivity index is 1.88. The van der Waals surface area contributed by atoms with Crippen molar-refractivity contribution in [2.24, 2.45) is 5.92 Å². The largest absolute Gasteiger partial charge is 0.469 e. The Morgan fingerprint density at radius 2 is 1.71 bits per heavy atom. The summed E-state index contributed by atoms with van der Waals surface area (Å²) in [4.78, 5) is 11.4. The van der Waals surface area contributed by atoms with Crippen LogP contribution in [-0.2, 0) is 15.7 Å². The van der Waals surface area contributed by atoms with Gasteiger partial charge >= 0.3 is 12.1 Å². The number of esters is 1. The molecule has 21 heavy (non-hydrogen) atoms. The first-order valence-corrected chi connectivity index (χ1v) is 6.92. The number of carbonyl (C=O) groups is 1. The predicted octanol–water partition coefficient (Wildman–Crippen LogP) is 3.85. The molecule has 1 aromatic rings. The fourth-order valence-corrected chi connectivity index (χ4v) is 2.63. The zero-order valence-electron chi connectivity index (χ0n) is 11.7. The van der Waals surface area contributed by atoms with E-state index < -0.39 is 11.7 Å². The maximum Gasteiger partial charge on any atom is 0.416 e. The molecule has 0 heterocycles. The molecule has 116 valence electrons. The molecule has 0 bridgehead atoms. The van der Waals surface area contributed by atoms with Crippen LogP contribution < -0.4 is 5.32 Å². The van der Waals surface area contributed by atoms with E-state index in [0.717, 1.165) is 37.8 Å². The quantitative estimate of drug-likeness (QED) is 0.862. The second-order valence-electron chi connectivity index (χ2n) is 5.29. The molecule has 0 radical (unpaired) electrons. The molecular weight excluding hydrogens is 283 g/mol. The van der Waals surface area contributed by atoms with E-state index in [4.69, 9.17) is 4.74 Å². The molecule has 0 aromatic heterocycles. The van der Waals surface area contributed by atoms with Crippen molar-refractivity contribution in [3.8, 4) is 0 Å². The SMILES string of the molecule is COC(=O)C1CCC(Nc2ccc(C(F)(F)F)cc2)CC1. The summed E-state index contributed by atoms with van der Waals surface area (Å²) in [6, 6.07) is 5.21. The molecule has 2 rings (SSSR count). The zero-order chi connectivity index (χ0) is 15.5. The van der Waals surface area contributed by atoms with Gasteiger partial charge in [0.05, 0.1) is 18.6 Å². The normalized spacial score (nSPS) is 22.7. The molecule has 0 unspecified atom stereocenters. The van der Waals surface area contributed by atoms with Crippen LogP contribution in [0.1, 0.15) is 31.2 Å². The Hall–Kier alpha value is -1.72. The second kappa shape index (κ2) is 6.37. The van der Waals surface area contributed by atoms with Crippen LogP contribution in [0, 0.1) is 5.92 Å². The summed E-state index contributed by atoms with van der Waals surface area (Å²) in [5.41, 5.74) is 0.0203. The van der Waals surface area contributed by atoms with Gasteiger partial charge in [-0.2, -0.15) is 13.2 Å². The number of nitrogens with one attached hydrogen (secondary N) is 1. The van der Waals surface area contributed by atoms with Gasteiger partial charge in [-0.3, -0.25) is 4.79 Å². The minimum Gasteiger partial charge on any atom is -0.469 e. The highest BCUT2D eigenvalue weighted by molar-refractivity contribution is 5.72. The van der Waals surface area contributed by atoms with Crippen molar-refractivity contribution >= 4 is 11.7 Å². The van der Waals surface area contributed by atoms with E-state index in [1.165, 1.54) is 19.2 Å². The van der Waals surface area contributed by atoms with E-state index in [9.17, 15) is 18.0 Å². The number of carbonyl (C=O) groups excluding carboxylic acids is 1. The Morgan fingerprint density at radius 1 is 1.14 bits per heavy atom. The van der Waals surface area contributed by atoms with E-state index in [1.54, 1.807) is 0 Å². The first-order valence-electron chi connectivity index (χ1n) is 6.92. The van der Waals surface area contributed by atoms with Crippen LogP contribution in [0.3, 0.4) is 0 Å². The fourth-order valence-electron chi connectivity index (χ4n) is 2.63. The van der Waals surface area contributed by atoms with Gasteiger partial charge < -0.3 is 10.1 Å². The Morgan fingerprint density at radius 3 is 2.19 bits per heavy atom. The zero-order valence-corrected chi connectivity index (χ0v) is 11.7. The maximum atomic E-state index is 12.5. The lowest BCUT2D eigenvalue weighted by atomic mass is 9.86. The van der Waals surface area contributed by atoms with Gasteiger partial charge in [0.1, 0.15) is 0 Å². The Labute approximate surface area is 121 Å². The number of benzene rings is 1. The lowest BCUT2D eigenvalue weighted by Crippen LogP contribution is -2.29. The van der Waals surface area contributed by atoms with E-state index in [1.807, 2.05) is 0 Å². The number of alkyl halides is 3. The minimum absolute atomic E-state index is 0.0549. The van der Waals surface area contributed by atoms with Crippen molar-refractivity contribution in [1.82, 2.24) is 0 Å². The van der Waals surface area contributed by atoms with E-state index in [0.29, 0.717) is 5.69 Å². The van der Waals surface area contributed by atoms with Crippen LogP contribution in [0.2, 0.25) is 0 Å². The monoisotopic (exact) mass is 301 g/mol. The molecule has 0 atom stereocenters. The first-order chi connectivity index (χ1) is 9.90. The first kappa shape index (κ1) is 15.7. The number of anilines is 1. The number of methoxy groups -OCH3 is 1. The van der Waals surface area contributed by atoms with E-state index in [-0.39, 0.29) is 17.9 Å². The lowest BCUT2D eigenvalue weighted by molar-refractivity contribution is -0.146. The summed E-state index contributed by atoms with van der Waals surface area (Å²) < 4.78 is 42.1. The maximum absolute atomic E-state index is 12.5. The molecular formula is C15H18F3NO2. The fraction of sp³-hybridized carbons (Fsp3) is 0.533. The Kier molecular flexibility index (Phi) is 4.75. The van der Waals surface area contributed by atoms with Gasteiger partial charge in [0.25, 0.3) is 0 Å². The van der Waals surface area contributed by atoms with Crippen molar-refractivity contribution in [3.05, 3.63) is 29.8 Å². The van der Waals surface area contributed by atoms with Crippen molar-refractivity contribution < 1.29 is 22.7 Å². The Bertz CT molecular complexity index is 477. The molecule has 1 N–H and O–H groups in total. The summed E-state index contributed by atoms with van der Waals surface area (Å²) in [6.45, 7) is 0. The molecule has 1 aliphatic rings. The van der Waals surface area contributed by atoms with Gasteiger partial charge in [-0.15, -0.1) is 0 Å². The topological polar surface area (TPSA) is 38.3 Å². The van der Waals surface area contributed by atoms with Gasteiger partial charge in [-0.25, -0.2) is 0 Å². The highest BCUT2D eigenvalue weighted by Gasteiger charge is 2.30. The third-order valence-corrected chi connectivity index (χ3v) is 3.84. The highest BCUT2D eigenvalue weighted by Crippen LogP contribution is 2.31. The van der Waals surface area contributed by atoms with Crippen molar-refractivity contribution in [2.45, 2.75) is 37.9 Å². The van der Waals surface area contributed by atoms with Crippen LogP contribution in [0.15, 0.2) is 24.3 Å². The molecule has 0 saturated heterocycles. The molecule has 1 aromatic carbocycles. The number of hydrogen-bond donors (Lipinski definition) is 1. The van der Waals surface area contributed by atoms with Crippen LogP contribution in [0.25, 0.3) is 0 Å². The molecule has 6 heteroatoms. The van der Waals surface area contributed by atoms with Gasteiger partial charge in [-0.05, 0) is 49.9 Å². The van der Waals surface area contributed by atoms with Crippen LogP contribution in [0.4, 0.5) is 18.9 Å². The minimum atomic E-state index is -4.31. The predicted molar refractivity (Wildman–Crippen MR) is 72.8 cm³/mol. The lowest BCUT2D eigenvalue weighted by Gasteiger charge is -2.28. The molecule has 3 nitrogen and oxygen atoms in total. The number of hydrogen-bond acceptors (Lipinski definition) is 3. The molecule has 0 aliphatic heterocycles. The average Bonchev–Trinajstić information content (AvgIpc) is 2.47. The van der Waals surface area contributed by atoms with Gasteiger partial charge in [0.2, 0.25) is 0 Å². The number of rotatable bonds is 3. The molecule has 1 aliphatic carbocycles. The summed E-state index contributed by atoms with van der Waals surface area (Å²) in [5, 5.41) is 3.22. The van der Waals surface area contributed by atoms with Gasteiger partial charge in [-0.1, -0.05) is 0 Å². The van der Waals surface area contributed by atoms with E-state index >= 15 is 0 Å². The van der Waals surface area contributed by atoms with Crippen molar-refractivity contribution in [3.63, 3.8) is 0 Å². The van der Waals surface area contributed by atoms with Crippen LogP contribution in [-0.4, -0.2) is 19.1 Å². The standard InChI is InChI=1S/C15H18F3NO2/c1-21-14(20)10-2-6-12(7-3-10)19-13-8-4-11(5-9-13)15(16,17)18/h4-5,8-10,12,19H,2-3,6-7H2,1H3. The summed E-state index contributed by atoms with van der Waals surface area (Å²) in [6.07, 6.45) is -1.21. The molecule has 1 saturated carbocycles. The van der Waals surface area contributed by atoms with E-state index in [2.05, 4.69) is 5.32 Å². The second-order valence-corrected chi connectivity index (χ2v) is 5.29. The molecule has 1 fully saturated rings. The van der Waals surface area contributed by atoms with Gasteiger partial charge in [0.15, 0.2) is 0 Å². The third kappa shape index (κ3) is 4.12. The number of ether oxygens (including phenoxy) is 1. The third-order valence-electron chi connectivity index (χ3n) is 3.84. The number of halogens is 3. The summed E-state index contributed by atoms with van der Waals surface area (Å²) >= 11 is 0. The highest BCUT2D eigenvalue weighted by atomic mass is 19.4. The molecule has 0 amide bonds. The van der Waals surface area contributed by atoms with Crippen LogP contribution in [0.5, 0.6) is 0 Å². The molecule has 0 spiro atoms. The smallest absolute Gasteiger partial charge is 0.416 e. The summed E-state index contributed by atoms with van der Waals surface area (Å²) in [5.74, 6) is -0.233. The van der Waals surface area contributed by atoms with Crippen LogP contribution >= 0.6 is 0 Å². The van der Waals surface area contributed by atoms with Gasteiger partial charge in [0, 0.05) is 11.7 Å². The summed E-state index contributed by atoms with van der Waals surface area (Å²) in [7, 11) is 1.38. The van der Waals surface area contributed by atoms with Crippen molar-refractivity contribution in [1.29, 1.82) is 0 Å². The average molecular weight is 301 g/mol.